The third-order valence-corrected chi connectivity index (χ3v) is 6.41. The summed E-state index contributed by atoms with van der Waals surface area (Å²) in [5.74, 6) is -1.53. The van der Waals surface area contributed by atoms with Crippen molar-refractivity contribution in [1.29, 1.82) is 0 Å². The van der Waals surface area contributed by atoms with Crippen LogP contribution < -0.4 is 11.5 Å². The van der Waals surface area contributed by atoms with Gasteiger partial charge in [-0.2, -0.15) is 0 Å². The Balaban J connectivity index is 0.000000654. The molecule has 35 heavy (non-hydrogen) atoms. The van der Waals surface area contributed by atoms with Gasteiger partial charge >= 0.3 is 11.9 Å². The third kappa shape index (κ3) is 10.3. The molecule has 0 aromatic heterocycles. The first-order chi connectivity index (χ1) is 15.9. The number of carboxylic acids is 1. The minimum atomic E-state index is -3.74. The largest absolute Gasteiger partial charge is 0.480 e. The molecule has 0 aliphatic carbocycles. The zero-order valence-corrected chi connectivity index (χ0v) is 21.7. The van der Waals surface area contributed by atoms with Crippen molar-refractivity contribution in [2.24, 2.45) is 11.5 Å². The number of rotatable bonds is 7. The van der Waals surface area contributed by atoms with Gasteiger partial charge in [0, 0.05) is 12.5 Å². The molecule has 0 radical (unpaired) electrons. The molecule has 0 saturated heterocycles. The van der Waals surface area contributed by atoms with Crippen LogP contribution in [0.3, 0.4) is 0 Å². The predicted octanol–water partition coefficient (Wildman–Crippen LogP) is 3.36. The quantitative estimate of drug-likeness (QED) is 0.267. The fourth-order valence-corrected chi connectivity index (χ4v) is 4.34. The van der Waals surface area contributed by atoms with E-state index in [1.54, 1.807) is 36.4 Å². The summed E-state index contributed by atoms with van der Waals surface area (Å²) in [7, 11) is -3.74. The van der Waals surface area contributed by atoms with Crippen LogP contribution in [-0.2, 0) is 24.2 Å². The van der Waals surface area contributed by atoms with Crippen LogP contribution in [0.25, 0.3) is 0 Å². The first-order valence-electron chi connectivity index (χ1n) is 10.4. The summed E-state index contributed by atoms with van der Waals surface area (Å²) < 4.78 is 30.2. The highest BCUT2D eigenvalue weighted by atomic mass is 35.5. The summed E-state index contributed by atoms with van der Waals surface area (Å²) in [6.07, 6.45) is 2.16. The average Bonchev–Trinajstić information content (AvgIpc) is 3.12. The highest BCUT2D eigenvalue weighted by Crippen LogP contribution is 2.37. The van der Waals surface area contributed by atoms with Crippen LogP contribution in [0, 0.1) is 6.92 Å². The number of nitrogens with two attached hydrogens (primary N) is 2. The molecule has 9 nitrogen and oxygen atoms in total. The number of benzene rings is 2. The molecule has 0 saturated carbocycles. The van der Waals surface area contributed by atoms with Gasteiger partial charge in [-0.15, -0.1) is 12.4 Å². The fraction of sp³-hybridized carbons (Fsp3) is 0.348. The Labute approximate surface area is 216 Å². The van der Waals surface area contributed by atoms with Gasteiger partial charge in [-0.05, 0) is 56.1 Å². The number of esters is 1. The first kappa shape index (κ1) is 32.5. The molecule has 2 aromatic carbocycles. The lowest BCUT2D eigenvalue weighted by Crippen LogP contribution is -2.29. The second kappa shape index (κ2) is 15.5. The Morgan fingerprint density at radius 2 is 1.66 bits per heavy atom. The number of aliphatic carboxylic acids is 1. The second-order valence-corrected chi connectivity index (χ2v) is 9.90. The molecule has 1 aliphatic rings. The van der Waals surface area contributed by atoms with Gasteiger partial charge < -0.3 is 21.3 Å². The normalized spacial score (nSPS) is 14.5. The first-order valence-corrected chi connectivity index (χ1v) is 12.3. The van der Waals surface area contributed by atoms with Crippen LogP contribution in [0.1, 0.15) is 53.1 Å². The number of carboxylic acid groups (broad SMARTS) is 1. The zero-order valence-electron chi connectivity index (χ0n) is 19.3. The molecule has 0 amide bonds. The number of hydrogen-bond acceptors (Lipinski definition) is 8. The number of sulfone groups is 1. The van der Waals surface area contributed by atoms with Gasteiger partial charge in [0.1, 0.15) is 6.04 Å². The van der Waals surface area contributed by atoms with Gasteiger partial charge in [0.25, 0.3) is 0 Å². The van der Waals surface area contributed by atoms with E-state index in [4.69, 9.17) is 21.3 Å². The molecular formula is C23H30Cl2N2O7S. The van der Waals surface area contributed by atoms with E-state index in [2.05, 4.69) is 11.6 Å². The molecule has 2 unspecified atom stereocenters. The SMILES string of the molecule is CC(=O)Cl.Cc1ccc(S(=O)(=O)C2OC(=O)c3ccccc32)cc1.Cl.NCCCCC(N)C(=O)O. The third-order valence-electron chi connectivity index (χ3n) is 4.57. The standard InChI is InChI=1S/C15H12O4S.C6H14N2O2.C2H3ClO.ClH/c1-10-6-8-11(9-7-10)20(17,18)15-13-5-3-2-4-12(13)14(16)19-15;7-4-2-1-3-5(8)6(9)10;1-2(3)4;/h2-9,15H,1H3;5H,1-4,7-8H2,(H,9,10);1H3;1H. The maximum Gasteiger partial charge on any atom is 0.340 e. The van der Waals surface area contributed by atoms with Crippen molar-refractivity contribution in [1.82, 2.24) is 0 Å². The van der Waals surface area contributed by atoms with Crippen LogP contribution in [0.5, 0.6) is 0 Å². The monoisotopic (exact) mass is 548 g/mol. The molecule has 1 heterocycles. The van der Waals surface area contributed by atoms with Crippen molar-refractivity contribution in [2.45, 2.75) is 49.5 Å². The van der Waals surface area contributed by atoms with Gasteiger partial charge in [-0.25, -0.2) is 13.2 Å². The van der Waals surface area contributed by atoms with E-state index >= 15 is 0 Å². The number of fused-ring (bicyclic) bond motifs is 1. The molecule has 0 bridgehead atoms. The summed E-state index contributed by atoms with van der Waals surface area (Å²) in [5.41, 5.74) is 10.8. The Kier molecular flexibility index (Phi) is 14.4. The summed E-state index contributed by atoms with van der Waals surface area (Å²) in [4.78, 5) is 31.2. The zero-order chi connectivity index (χ0) is 25.9. The number of carbonyl (C=O) groups is 3. The van der Waals surface area contributed by atoms with E-state index in [1.807, 2.05) is 6.92 Å². The lowest BCUT2D eigenvalue weighted by molar-refractivity contribution is -0.138. The van der Waals surface area contributed by atoms with E-state index in [1.165, 1.54) is 19.1 Å². The van der Waals surface area contributed by atoms with Crippen molar-refractivity contribution < 1.29 is 32.6 Å². The van der Waals surface area contributed by atoms with E-state index < -0.39 is 33.3 Å². The number of unbranched alkanes of at least 4 members (excludes halogenated alkanes) is 1. The number of hydrogen-bond donors (Lipinski definition) is 3. The molecular weight excluding hydrogens is 519 g/mol. The minimum Gasteiger partial charge on any atom is -0.480 e. The number of ether oxygens (including phenoxy) is 1. The maximum absolute atomic E-state index is 12.6. The second-order valence-electron chi connectivity index (χ2n) is 7.38. The topological polar surface area (TPSA) is 167 Å². The van der Waals surface area contributed by atoms with Crippen LogP contribution in [-0.4, -0.2) is 43.3 Å². The van der Waals surface area contributed by atoms with Crippen LogP contribution in [0.4, 0.5) is 0 Å². The smallest absolute Gasteiger partial charge is 0.340 e. The Morgan fingerprint density at radius 1 is 1.11 bits per heavy atom. The van der Waals surface area contributed by atoms with Crippen molar-refractivity contribution in [3.63, 3.8) is 0 Å². The van der Waals surface area contributed by atoms with E-state index in [0.717, 1.165) is 18.4 Å². The molecule has 194 valence electrons. The van der Waals surface area contributed by atoms with Gasteiger partial charge in [-0.1, -0.05) is 42.3 Å². The Hall–Kier alpha value is -2.50. The number of carbonyl (C=O) groups excluding carboxylic acids is 2. The van der Waals surface area contributed by atoms with Crippen molar-refractivity contribution in [3.05, 3.63) is 65.2 Å². The van der Waals surface area contributed by atoms with Crippen LogP contribution in [0.15, 0.2) is 53.4 Å². The highest BCUT2D eigenvalue weighted by Gasteiger charge is 2.40. The number of aryl methyl sites for hydroxylation is 1. The van der Waals surface area contributed by atoms with E-state index in [9.17, 15) is 22.8 Å². The van der Waals surface area contributed by atoms with Crippen molar-refractivity contribution >= 4 is 51.0 Å². The lowest BCUT2D eigenvalue weighted by Gasteiger charge is -2.12. The van der Waals surface area contributed by atoms with Gasteiger partial charge in [0.2, 0.25) is 20.5 Å². The highest BCUT2D eigenvalue weighted by molar-refractivity contribution is 7.91. The lowest BCUT2D eigenvalue weighted by atomic mass is 10.1. The predicted molar refractivity (Wildman–Crippen MR) is 135 cm³/mol. The molecule has 3 rings (SSSR count). The van der Waals surface area contributed by atoms with E-state index in [-0.39, 0.29) is 22.5 Å². The maximum atomic E-state index is 12.6. The molecule has 0 spiro atoms. The minimum absolute atomic E-state index is 0. The van der Waals surface area contributed by atoms with Crippen molar-refractivity contribution in [2.75, 3.05) is 6.54 Å². The Morgan fingerprint density at radius 3 is 2.17 bits per heavy atom. The fourth-order valence-electron chi connectivity index (χ4n) is 2.83. The van der Waals surface area contributed by atoms with Gasteiger partial charge in [0.05, 0.1) is 10.5 Å². The number of halogens is 2. The van der Waals surface area contributed by atoms with Gasteiger partial charge in [-0.3, -0.25) is 9.59 Å². The molecule has 5 N–H and O–H groups in total. The van der Waals surface area contributed by atoms with Gasteiger partial charge in [0.15, 0.2) is 0 Å². The van der Waals surface area contributed by atoms with Crippen LogP contribution >= 0.6 is 24.0 Å². The van der Waals surface area contributed by atoms with E-state index in [0.29, 0.717) is 24.1 Å². The summed E-state index contributed by atoms with van der Waals surface area (Å²) in [5, 5.41) is 7.96. The molecule has 12 heteroatoms. The molecule has 1 aliphatic heterocycles. The summed E-state index contributed by atoms with van der Waals surface area (Å²) >= 11 is 4.64. The molecule has 2 atom stereocenters. The Bertz CT molecular complexity index is 1090. The average molecular weight is 549 g/mol. The molecule has 2 aromatic rings. The van der Waals surface area contributed by atoms with Crippen molar-refractivity contribution in [3.8, 4) is 0 Å². The van der Waals surface area contributed by atoms with Crippen LogP contribution in [0.2, 0.25) is 0 Å². The summed E-state index contributed by atoms with van der Waals surface area (Å²) in [6, 6.07) is 12.3. The molecule has 0 fully saturated rings. The number of cyclic esters (lactones) is 1. The summed E-state index contributed by atoms with van der Waals surface area (Å²) in [6.45, 7) is 3.77.